The van der Waals surface area contributed by atoms with Crippen LogP contribution in [0.1, 0.15) is 39.5 Å². The van der Waals surface area contributed by atoms with Crippen molar-refractivity contribution in [2.24, 2.45) is 5.92 Å². The minimum atomic E-state index is 0.0532. The summed E-state index contributed by atoms with van der Waals surface area (Å²) in [7, 11) is 0. The molecule has 0 aromatic heterocycles. The van der Waals surface area contributed by atoms with E-state index in [9.17, 15) is 0 Å². The summed E-state index contributed by atoms with van der Waals surface area (Å²) in [5.74, 6) is 0.691. The molecule has 0 radical (unpaired) electrons. The quantitative estimate of drug-likeness (QED) is 0.598. The SMILES string of the molecule is C[C@@H]1CO[C@@]2(CCCC[C@@H]2C)N1. The summed E-state index contributed by atoms with van der Waals surface area (Å²) < 4.78 is 5.89. The van der Waals surface area contributed by atoms with Crippen LogP contribution in [0, 0.1) is 5.92 Å². The summed E-state index contributed by atoms with van der Waals surface area (Å²) in [4.78, 5) is 0. The molecule has 2 aliphatic rings. The minimum Gasteiger partial charge on any atom is -0.359 e. The summed E-state index contributed by atoms with van der Waals surface area (Å²) in [6.07, 6.45) is 5.23. The van der Waals surface area contributed by atoms with Crippen LogP contribution in [0.2, 0.25) is 0 Å². The van der Waals surface area contributed by atoms with Crippen LogP contribution in [0.5, 0.6) is 0 Å². The maximum atomic E-state index is 5.89. The molecule has 0 aromatic rings. The third-order valence-corrected chi connectivity index (χ3v) is 3.31. The first-order valence-electron chi connectivity index (χ1n) is 5.14. The molecule has 2 heteroatoms. The summed E-state index contributed by atoms with van der Waals surface area (Å²) in [6, 6.07) is 0.547. The number of nitrogens with one attached hydrogen (secondary N) is 1. The van der Waals surface area contributed by atoms with Gasteiger partial charge in [0.05, 0.1) is 6.61 Å². The smallest absolute Gasteiger partial charge is 0.122 e. The van der Waals surface area contributed by atoms with E-state index in [-0.39, 0.29) is 5.72 Å². The Balaban J connectivity index is 2.07. The molecule has 1 aliphatic carbocycles. The molecule has 1 heterocycles. The van der Waals surface area contributed by atoms with E-state index in [1.807, 2.05) is 0 Å². The zero-order valence-corrected chi connectivity index (χ0v) is 8.10. The summed E-state index contributed by atoms with van der Waals surface area (Å²) >= 11 is 0. The van der Waals surface area contributed by atoms with Gasteiger partial charge in [0.15, 0.2) is 0 Å². The van der Waals surface area contributed by atoms with Crippen LogP contribution < -0.4 is 5.32 Å². The number of hydrogen-bond donors (Lipinski definition) is 1. The molecule has 1 aliphatic heterocycles. The third-order valence-electron chi connectivity index (χ3n) is 3.31. The minimum absolute atomic E-state index is 0.0532. The lowest BCUT2D eigenvalue weighted by Crippen LogP contribution is -2.50. The second kappa shape index (κ2) is 3.00. The van der Waals surface area contributed by atoms with Crippen molar-refractivity contribution < 1.29 is 4.74 Å². The van der Waals surface area contributed by atoms with Crippen LogP contribution in [-0.2, 0) is 4.74 Å². The van der Waals surface area contributed by atoms with E-state index < -0.39 is 0 Å². The lowest BCUT2D eigenvalue weighted by molar-refractivity contribution is -0.0765. The van der Waals surface area contributed by atoms with Crippen LogP contribution in [0.25, 0.3) is 0 Å². The molecule has 0 bridgehead atoms. The second-order valence-electron chi connectivity index (χ2n) is 4.39. The van der Waals surface area contributed by atoms with Crippen molar-refractivity contribution in [1.29, 1.82) is 0 Å². The predicted octanol–water partition coefficient (Wildman–Crippen LogP) is 1.90. The zero-order valence-electron chi connectivity index (χ0n) is 8.10. The highest BCUT2D eigenvalue weighted by Gasteiger charge is 2.43. The Morgan fingerprint density at radius 1 is 1.33 bits per heavy atom. The Labute approximate surface area is 74.7 Å². The molecule has 2 nitrogen and oxygen atoms in total. The number of rotatable bonds is 0. The van der Waals surface area contributed by atoms with Crippen LogP contribution in [-0.4, -0.2) is 18.4 Å². The normalized spacial score (nSPS) is 48.5. The summed E-state index contributed by atoms with van der Waals surface area (Å²) in [6.45, 7) is 5.41. The Kier molecular flexibility index (Phi) is 2.13. The molecule has 3 atom stereocenters. The van der Waals surface area contributed by atoms with Crippen LogP contribution in [0.15, 0.2) is 0 Å². The van der Waals surface area contributed by atoms with E-state index >= 15 is 0 Å². The highest BCUT2D eigenvalue weighted by Crippen LogP contribution is 2.37. The van der Waals surface area contributed by atoms with Gasteiger partial charge in [-0.3, -0.25) is 5.32 Å². The van der Waals surface area contributed by atoms with Crippen molar-refractivity contribution in [3.63, 3.8) is 0 Å². The molecule has 0 aromatic carbocycles. The van der Waals surface area contributed by atoms with Crippen molar-refractivity contribution in [2.75, 3.05) is 6.61 Å². The molecule has 2 fully saturated rings. The van der Waals surface area contributed by atoms with Gasteiger partial charge in [-0.15, -0.1) is 0 Å². The molecule has 0 unspecified atom stereocenters. The van der Waals surface area contributed by atoms with Crippen molar-refractivity contribution >= 4 is 0 Å². The third kappa shape index (κ3) is 1.27. The van der Waals surface area contributed by atoms with Gasteiger partial charge in [0.2, 0.25) is 0 Å². The van der Waals surface area contributed by atoms with E-state index in [1.54, 1.807) is 0 Å². The van der Waals surface area contributed by atoms with Gasteiger partial charge in [-0.1, -0.05) is 13.3 Å². The van der Waals surface area contributed by atoms with Gasteiger partial charge in [-0.05, 0) is 32.1 Å². The van der Waals surface area contributed by atoms with Gasteiger partial charge < -0.3 is 4.74 Å². The fraction of sp³-hybridized carbons (Fsp3) is 1.00. The molecule has 1 saturated heterocycles. The first-order valence-corrected chi connectivity index (χ1v) is 5.14. The maximum absolute atomic E-state index is 5.89. The average molecular weight is 169 g/mol. The molecule has 2 rings (SSSR count). The van der Waals surface area contributed by atoms with Crippen molar-refractivity contribution in [3.05, 3.63) is 0 Å². The average Bonchev–Trinajstić information content (AvgIpc) is 2.41. The van der Waals surface area contributed by atoms with Gasteiger partial charge >= 0.3 is 0 Å². The lowest BCUT2D eigenvalue weighted by atomic mass is 9.82. The van der Waals surface area contributed by atoms with Crippen LogP contribution in [0.3, 0.4) is 0 Å². The Morgan fingerprint density at radius 3 is 2.75 bits per heavy atom. The predicted molar refractivity (Wildman–Crippen MR) is 48.9 cm³/mol. The second-order valence-corrected chi connectivity index (χ2v) is 4.39. The van der Waals surface area contributed by atoms with Gasteiger partial charge in [0, 0.05) is 6.04 Å². The van der Waals surface area contributed by atoms with Gasteiger partial charge in [0.1, 0.15) is 5.72 Å². The van der Waals surface area contributed by atoms with E-state index in [2.05, 4.69) is 19.2 Å². The van der Waals surface area contributed by atoms with Gasteiger partial charge in [-0.25, -0.2) is 0 Å². The molecule has 12 heavy (non-hydrogen) atoms. The molecule has 1 saturated carbocycles. The molecule has 0 amide bonds. The van der Waals surface area contributed by atoms with Gasteiger partial charge in [-0.2, -0.15) is 0 Å². The van der Waals surface area contributed by atoms with Crippen molar-refractivity contribution in [2.45, 2.75) is 51.3 Å². The summed E-state index contributed by atoms with van der Waals surface area (Å²) in [5.41, 5.74) is 0.0532. The number of ether oxygens (including phenoxy) is 1. The summed E-state index contributed by atoms with van der Waals surface area (Å²) in [5, 5.41) is 3.60. The Bertz CT molecular complexity index is 167. The fourth-order valence-corrected chi connectivity index (χ4v) is 2.52. The molecular formula is C10H19NO. The molecule has 70 valence electrons. The molecule has 1 spiro atoms. The number of hydrogen-bond acceptors (Lipinski definition) is 2. The molecular weight excluding hydrogens is 150 g/mol. The monoisotopic (exact) mass is 169 g/mol. The van der Waals surface area contributed by atoms with E-state index in [0.717, 1.165) is 6.61 Å². The lowest BCUT2D eigenvalue weighted by Gasteiger charge is -2.38. The van der Waals surface area contributed by atoms with E-state index in [0.29, 0.717) is 12.0 Å². The first-order chi connectivity index (χ1) is 5.73. The largest absolute Gasteiger partial charge is 0.359 e. The highest BCUT2D eigenvalue weighted by molar-refractivity contribution is 4.93. The fourth-order valence-electron chi connectivity index (χ4n) is 2.52. The van der Waals surface area contributed by atoms with E-state index in [4.69, 9.17) is 4.74 Å². The topological polar surface area (TPSA) is 21.3 Å². The van der Waals surface area contributed by atoms with E-state index in [1.165, 1.54) is 25.7 Å². The Hall–Kier alpha value is -0.0800. The Morgan fingerprint density at radius 2 is 2.17 bits per heavy atom. The zero-order chi connectivity index (χ0) is 8.60. The van der Waals surface area contributed by atoms with Gasteiger partial charge in [0.25, 0.3) is 0 Å². The maximum Gasteiger partial charge on any atom is 0.122 e. The molecule has 1 N–H and O–H groups in total. The van der Waals surface area contributed by atoms with Crippen LogP contribution >= 0.6 is 0 Å². The standard InChI is InChI=1S/C10H19NO/c1-8-5-3-4-6-10(8)11-9(2)7-12-10/h8-9,11H,3-7H2,1-2H3/t8-,9+,10+/m0/s1. The van der Waals surface area contributed by atoms with Crippen molar-refractivity contribution in [1.82, 2.24) is 5.32 Å². The first kappa shape index (κ1) is 8.52. The van der Waals surface area contributed by atoms with Crippen LogP contribution in [0.4, 0.5) is 0 Å². The van der Waals surface area contributed by atoms with Crippen molar-refractivity contribution in [3.8, 4) is 0 Å². The highest BCUT2D eigenvalue weighted by atomic mass is 16.5.